The van der Waals surface area contributed by atoms with Gasteiger partial charge in [-0.25, -0.2) is 13.2 Å². The molecule has 0 heterocycles. The number of hydrogen-bond donors (Lipinski definition) is 0. The highest BCUT2D eigenvalue weighted by atomic mass is 19.2. The van der Waals surface area contributed by atoms with E-state index in [0.717, 1.165) is 18.2 Å². The highest BCUT2D eigenvalue weighted by molar-refractivity contribution is 5.91. The maximum absolute atomic E-state index is 12.6. The second-order valence-corrected chi connectivity index (χ2v) is 2.74. The lowest BCUT2D eigenvalue weighted by Gasteiger charge is -1.97. The number of ketones is 1. The molecule has 0 radical (unpaired) electrons. The van der Waals surface area contributed by atoms with Crippen LogP contribution in [0, 0.1) is 17.5 Å². The molecule has 0 bridgehead atoms. The largest absolute Gasteiger partial charge is 0.295 e. The fraction of sp³-hybridized carbons (Fsp3) is 0.100. The summed E-state index contributed by atoms with van der Waals surface area (Å²) in [7, 11) is 0. The number of halogens is 3. The second-order valence-electron chi connectivity index (χ2n) is 2.74. The van der Waals surface area contributed by atoms with Crippen molar-refractivity contribution in [3.63, 3.8) is 0 Å². The van der Waals surface area contributed by atoms with E-state index in [2.05, 4.69) is 0 Å². The predicted octanol–water partition coefficient (Wildman–Crippen LogP) is 2.71. The Balaban J connectivity index is 3.07. The van der Waals surface area contributed by atoms with E-state index in [1.807, 2.05) is 0 Å². The molecule has 1 aromatic carbocycles. The van der Waals surface area contributed by atoms with E-state index in [1.54, 1.807) is 0 Å². The average molecular weight is 200 g/mol. The van der Waals surface area contributed by atoms with Crippen LogP contribution in [0.4, 0.5) is 13.2 Å². The molecular weight excluding hydrogens is 193 g/mol. The van der Waals surface area contributed by atoms with Crippen LogP contribution < -0.4 is 0 Å². The summed E-state index contributed by atoms with van der Waals surface area (Å²) in [6, 6.07) is 1.63. The van der Waals surface area contributed by atoms with Crippen molar-refractivity contribution < 1.29 is 18.0 Å². The Morgan fingerprint density at radius 1 is 1.21 bits per heavy atom. The number of allylic oxidation sites excluding steroid dienone is 1. The summed E-state index contributed by atoms with van der Waals surface area (Å²) in [6.07, 6.45) is 2.36. The second kappa shape index (κ2) is 4.09. The van der Waals surface area contributed by atoms with E-state index in [9.17, 15) is 18.0 Å². The van der Waals surface area contributed by atoms with Crippen LogP contribution in [0.15, 0.2) is 18.2 Å². The van der Waals surface area contributed by atoms with Crippen molar-refractivity contribution in [2.75, 3.05) is 0 Å². The Morgan fingerprint density at radius 2 is 1.71 bits per heavy atom. The zero-order valence-corrected chi connectivity index (χ0v) is 7.35. The lowest BCUT2D eigenvalue weighted by molar-refractivity contribution is -0.112. The van der Waals surface area contributed by atoms with Gasteiger partial charge in [0.1, 0.15) is 0 Å². The molecule has 74 valence electrons. The van der Waals surface area contributed by atoms with Crippen molar-refractivity contribution >= 4 is 11.9 Å². The van der Waals surface area contributed by atoms with E-state index in [4.69, 9.17) is 0 Å². The van der Waals surface area contributed by atoms with Crippen molar-refractivity contribution in [2.45, 2.75) is 6.92 Å². The van der Waals surface area contributed by atoms with Crippen molar-refractivity contribution in [3.05, 3.63) is 41.2 Å². The molecule has 14 heavy (non-hydrogen) atoms. The Labute approximate surface area is 78.9 Å². The number of carbonyl (C=O) groups is 1. The molecule has 0 N–H and O–H groups in total. The fourth-order valence-electron chi connectivity index (χ4n) is 0.885. The third kappa shape index (κ3) is 2.45. The first-order chi connectivity index (χ1) is 6.50. The minimum atomic E-state index is -1.51. The molecule has 0 amide bonds. The van der Waals surface area contributed by atoms with Gasteiger partial charge in [0.2, 0.25) is 0 Å². The lowest BCUT2D eigenvalue weighted by Crippen LogP contribution is -1.91. The Bertz CT molecular complexity index is 373. The first kappa shape index (κ1) is 10.5. The molecule has 4 heteroatoms. The molecule has 0 saturated carbocycles. The van der Waals surface area contributed by atoms with Gasteiger partial charge in [-0.2, -0.15) is 0 Å². The van der Waals surface area contributed by atoms with Gasteiger partial charge >= 0.3 is 0 Å². The summed E-state index contributed by atoms with van der Waals surface area (Å²) >= 11 is 0. The Hall–Kier alpha value is -1.58. The number of benzene rings is 1. The van der Waals surface area contributed by atoms with Crippen molar-refractivity contribution in [1.29, 1.82) is 0 Å². The van der Waals surface area contributed by atoms with E-state index >= 15 is 0 Å². The topological polar surface area (TPSA) is 17.1 Å². The van der Waals surface area contributed by atoms with Crippen LogP contribution in [0.5, 0.6) is 0 Å². The molecular formula is C10H7F3O. The minimum absolute atomic E-state index is 0.108. The van der Waals surface area contributed by atoms with Crippen LogP contribution in [0.2, 0.25) is 0 Å². The smallest absolute Gasteiger partial charge is 0.194 e. The van der Waals surface area contributed by atoms with Gasteiger partial charge in [0.25, 0.3) is 0 Å². The third-order valence-electron chi connectivity index (χ3n) is 1.52. The minimum Gasteiger partial charge on any atom is -0.295 e. The van der Waals surface area contributed by atoms with Crippen LogP contribution >= 0.6 is 0 Å². The van der Waals surface area contributed by atoms with Gasteiger partial charge in [-0.1, -0.05) is 6.08 Å². The Kier molecular flexibility index (Phi) is 3.06. The fourth-order valence-corrected chi connectivity index (χ4v) is 0.885. The molecule has 1 rings (SSSR count). The van der Waals surface area contributed by atoms with Gasteiger partial charge in [0, 0.05) is 0 Å². The molecule has 0 aromatic heterocycles. The third-order valence-corrected chi connectivity index (χ3v) is 1.52. The van der Waals surface area contributed by atoms with Crippen LogP contribution in [-0.2, 0) is 4.79 Å². The van der Waals surface area contributed by atoms with Gasteiger partial charge in [-0.05, 0) is 30.7 Å². The first-order valence-corrected chi connectivity index (χ1v) is 3.84. The number of hydrogen-bond acceptors (Lipinski definition) is 1. The summed E-state index contributed by atoms with van der Waals surface area (Å²) in [5.74, 6) is -4.30. The standard InChI is InChI=1S/C10H7F3O/c1-6(14)2-3-7-4-8(11)10(13)9(12)5-7/h2-5H,1H3. The SMILES string of the molecule is CC(=O)C=Cc1cc(F)c(F)c(F)c1. The van der Waals surface area contributed by atoms with Crippen LogP contribution in [0.25, 0.3) is 6.08 Å². The summed E-state index contributed by atoms with van der Waals surface area (Å²) in [6.45, 7) is 1.30. The molecule has 0 spiro atoms. The highest BCUT2D eigenvalue weighted by Gasteiger charge is 2.08. The zero-order chi connectivity index (χ0) is 10.7. The Morgan fingerprint density at radius 3 is 2.14 bits per heavy atom. The normalized spacial score (nSPS) is 10.9. The van der Waals surface area contributed by atoms with Crippen LogP contribution in [-0.4, -0.2) is 5.78 Å². The van der Waals surface area contributed by atoms with E-state index in [1.165, 1.54) is 13.0 Å². The van der Waals surface area contributed by atoms with Gasteiger partial charge in [0.05, 0.1) is 0 Å². The lowest BCUT2D eigenvalue weighted by atomic mass is 10.2. The number of rotatable bonds is 2. The molecule has 1 aromatic rings. The van der Waals surface area contributed by atoms with Crippen molar-refractivity contribution in [3.8, 4) is 0 Å². The first-order valence-electron chi connectivity index (χ1n) is 3.84. The van der Waals surface area contributed by atoms with E-state index in [0.29, 0.717) is 0 Å². The molecule has 0 aliphatic heterocycles. The van der Waals surface area contributed by atoms with Gasteiger partial charge in [0.15, 0.2) is 23.2 Å². The summed E-state index contributed by atoms with van der Waals surface area (Å²) in [4.78, 5) is 10.5. The van der Waals surface area contributed by atoms with Crippen LogP contribution in [0.3, 0.4) is 0 Å². The van der Waals surface area contributed by atoms with Gasteiger partial charge in [-0.15, -0.1) is 0 Å². The van der Waals surface area contributed by atoms with Crippen LogP contribution in [0.1, 0.15) is 12.5 Å². The molecule has 1 nitrogen and oxygen atoms in total. The van der Waals surface area contributed by atoms with Crippen molar-refractivity contribution in [2.24, 2.45) is 0 Å². The average Bonchev–Trinajstić information content (AvgIpc) is 2.10. The molecule has 0 saturated heterocycles. The highest BCUT2D eigenvalue weighted by Crippen LogP contribution is 2.14. The van der Waals surface area contributed by atoms with Crippen molar-refractivity contribution in [1.82, 2.24) is 0 Å². The monoisotopic (exact) mass is 200 g/mol. The predicted molar refractivity (Wildman–Crippen MR) is 46.0 cm³/mol. The molecule has 0 unspecified atom stereocenters. The molecule has 0 atom stereocenters. The summed E-state index contributed by atoms with van der Waals surface area (Å²) < 4.78 is 37.7. The van der Waals surface area contributed by atoms with E-state index in [-0.39, 0.29) is 11.3 Å². The van der Waals surface area contributed by atoms with Gasteiger partial charge in [-0.3, -0.25) is 4.79 Å². The molecule has 0 aliphatic carbocycles. The summed E-state index contributed by atoms with van der Waals surface area (Å²) in [5.41, 5.74) is 0.108. The zero-order valence-electron chi connectivity index (χ0n) is 7.35. The maximum atomic E-state index is 12.6. The maximum Gasteiger partial charge on any atom is 0.194 e. The number of carbonyl (C=O) groups excluding carboxylic acids is 1. The van der Waals surface area contributed by atoms with E-state index < -0.39 is 17.5 Å². The summed E-state index contributed by atoms with van der Waals surface area (Å²) in [5, 5.41) is 0. The molecule has 0 fully saturated rings. The molecule has 0 aliphatic rings. The van der Waals surface area contributed by atoms with Gasteiger partial charge < -0.3 is 0 Å². The quantitative estimate of drug-likeness (QED) is 0.530.